The lowest BCUT2D eigenvalue weighted by Gasteiger charge is -2.41. The van der Waals surface area contributed by atoms with Gasteiger partial charge in [-0.2, -0.15) is 0 Å². The molecular formula is C14H23N5O3S. The van der Waals surface area contributed by atoms with Crippen LogP contribution in [-0.2, 0) is 14.8 Å². The lowest BCUT2D eigenvalue weighted by Crippen LogP contribution is -2.50. The van der Waals surface area contributed by atoms with Crippen molar-refractivity contribution in [1.82, 2.24) is 19.2 Å². The Kier molecular flexibility index (Phi) is 4.81. The molecule has 2 aliphatic rings. The molecule has 0 saturated carbocycles. The lowest BCUT2D eigenvalue weighted by atomic mass is 10.0. The second kappa shape index (κ2) is 6.68. The number of nitrogens with zero attached hydrogens (tertiary/aromatic N) is 4. The second-order valence-electron chi connectivity index (χ2n) is 6.07. The highest BCUT2D eigenvalue weighted by Gasteiger charge is 2.33. The van der Waals surface area contributed by atoms with Crippen LogP contribution in [0.4, 0.5) is 5.82 Å². The topological polar surface area (TPSA) is 102 Å². The van der Waals surface area contributed by atoms with Crippen LogP contribution in [0, 0.1) is 0 Å². The summed E-state index contributed by atoms with van der Waals surface area (Å²) in [5.74, 6) is 0.409. The van der Waals surface area contributed by atoms with Crippen LogP contribution in [0.5, 0.6) is 0 Å². The van der Waals surface area contributed by atoms with E-state index in [-0.39, 0.29) is 6.10 Å². The number of morpholine rings is 1. The van der Waals surface area contributed by atoms with Crippen molar-refractivity contribution < 1.29 is 13.2 Å². The van der Waals surface area contributed by atoms with E-state index in [0.717, 1.165) is 19.4 Å². The number of piperidine rings is 1. The quantitative estimate of drug-likeness (QED) is 0.816. The number of sulfonamides is 1. The monoisotopic (exact) mass is 341 g/mol. The normalized spacial score (nSPS) is 25.5. The number of aromatic nitrogens is 2. The molecule has 2 N–H and O–H groups in total. The molecule has 2 saturated heterocycles. The van der Waals surface area contributed by atoms with E-state index in [1.807, 2.05) is 0 Å². The lowest BCUT2D eigenvalue weighted by molar-refractivity contribution is -0.0525. The molecule has 9 heteroatoms. The molecule has 0 unspecified atom stereocenters. The van der Waals surface area contributed by atoms with Crippen molar-refractivity contribution in [2.45, 2.75) is 25.0 Å². The number of hydrogen-bond donors (Lipinski definition) is 1. The molecule has 1 aromatic heterocycles. The Morgan fingerprint density at radius 3 is 2.57 bits per heavy atom. The molecule has 3 heterocycles. The molecule has 23 heavy (non-hydrogen) atoms. The fraction of sp³-hybridized carbons (Fsp3) is 0.714. The van der Waals surface area contributed by atoms with Crippen molar-refractivity contribution in [2.75, 3.05) is 44.8 Å². The first-order valence-corrected chi connectivity index (χ1v) is 9.67. The van der Waals surface area contributed by atoms with Gasteiger partial charge in [-0.15, -0.1) is 0 Å². The van der Waals surface area contributed by atoms with Gasteiger partial charge in [0, 0.05) is 44.6 Å². The standard InChI is InChI=1S/C14H23N5O3S/c1-23(20,21)19-6-2-11(3-7-19)18-8-9-22-12(10-18)13-14(15)17-5-4-16-13/h4-5,11-12H,2-3,6-10H2,1H3,(H2,15,17)/t12-/m1/s1. The first kappa shape index (κ1) is 16.6. The van der Waals surface area contributed by atoms with Gasteiger partial charge in [0.1, 0.15) is 17.6 Å². The molecule has 0 radical (unpaired) electrons. The van der Waals surface area contributed by atoms with Crippen molar-refractivity contribution in [3.05, 3.63) is 18.1 Å². The van der Waals surface area contributed by atoms with Crippen LogP contribution in [0.1, 0.15) is 24.6 Å². The van der Waals surface area contributed by atoms with E-state index < -0.39 is 10.0 Å². The molecule has 128 valence electrons. The smallest absolute Gasteiger partial charge is 0.211 e. The van der Waals surface area contributed by atoms with Gasteiger partial charge in [0.15, 0.2) is 0 Å². The average molecular weight is 341 g/mol. The predicted molar refractivity (Wildman–Crippen MR) is 86.1 cm³/mol. The molecular weight excluding hydrogens is 318 g/mol. The SMILES string of the molecule is CS(=O)(=O)N1CCC(N2CCO[C@@H](c3nccnc3N)C2)CC1. The van der Waals surface area contributed by atoms with Crippen LogP contribution in [0.2, 0.25) is 0 Å². The van der Waals surface area contributed by atoms with Crippen molar-refractivity contribution in [3.63, 3.8) is 0 Å². The number of hydrogen-bond acceptors (Lipinski definition) is 7. The molecule has 2 fully saturated rings. The maximum atomic E-state index is 11.6. The summed E-state index contributed by atoms with van der Waals surface area (Å²) in [4.78, 5) is 10.7. The van der Waals surface area contributed by atoms with Crippen molar-refractivity contribution >= 4 is 15.8 Å². The Bertz CT molecular complexity index is 646. The van der Waals surface area contributed by atoms with Gasteiger partial charge in [-0.05, 0) is 12.8 Å². The Labute approximate surface area is 136 Å². The Morgan fingerprint density at radius 2 is 1.91 bits per heavy atom. The summed E-state index contributed by atoms with van der Waals surface area (Å²) in [6, 6.07) is 0.372. The summed E-state index contributed by atoms with van der Waals surface area (Å²) in [6.45, 7) is 3.34. The summed E-state index contributed by atoms with van der Waals surface area (Å²) in [6.07, 6.45) is 5.98. The molecule has 1 atom stereocenters. The molecule has 1 aromatic rings. The highest BCUT2D eigenvalue weighted by atomic mass is 32.2. The van der Waals surface area contributed by atoms with E-state index in [1.54, 1.807) is 16.7 Å². The van der Waals surface area contributed by atoms with E-state index in [9.17, 15) is 8.42 Å². The summed E-state index contributed by atoms with van der Waals surface area (Å²) >= 11 is 0. The minimum absolute atomic E-state index is 0.176. The zero-order chi connectivity index (χ0) is 16.4. The van der Waals surface area contributed by atoms with Crippen LogP contribution in [0.3, 0.4) is 0 Å². The predicted octanol–water partition coefficient (Wildman–Crippen LogP) is -0.144. The number of ether oxygens (including phenoxy) is 1. The summed E-state index contributed by atoms with van der Waals surface area (Å²) in [7, 11) is -3.08. The van der Waals surface area contributed by atoms with Crippen LogP contribution < -0.4 is 5.73 Å². The molecule has 0 aliphatic carbocycles. The number of nitrogen functional groups attached to an aromatic ring is 1. The van der Waals surface area contributed by atoms with E-state index in [4.69, 9.17) is 10.5 Å². The highest BCUT2D eigenvalue weighted by molar-refractivity contribution is 7.88. The first-order chi connectivity index (χ1) is 10.9. The Balaban J connectivity index is 1.63. The number of rotatable bonds is 3. The molecule has 0 bridgehead atoms. The summed E-state index contributed by atoms with van der Waals surface area (Å²) in [5, 5.41) is 0. The fourth-order valence-corrected chi connectivity index (χ4v) is 4.19. The molecule has 0 aromatic carbocycles. The van der Waals surface area contributed by atoms with E-state index >= 15 is 0 Å². The van der Waals surface area contributed by atoms with E-state index in [2.05, 4.69) is 14.9 Å². The van der Waals surface area contributed by atoms with Gasteiger partial charge in [0.05, 0.1) is 12.9 Å². The van der Waals surface area contributed by atoms with Gasteiger partial charge in [-0.25, -0.2) is 17.7 Å². The zero-order valence-electron chi connectivity index (χ0n) is 13.3. The van der Waals surface area contributed by atoms with E-state index in [0.29, 0.717) is 43.8 Å². The van der Waals surface area contributed by atoms with Crippen LogP contribution in [0.25, 0.3) is 0 Å². The minimum Gasteiger partial charge on any atom is -0.382 e. The van der Waals surface area contributed by atoms with Gasteiger partial charge >= 0.3 is 0 Å². The van der Waals surface area contributed by atoms with Gasteiger partial charge < -0.3 is 10.5 Å². The Hall–Kier alpha value is -1.29. The average Bonchev–Trinajstić information content (AvgIpc) is 2.55. The van der Waals surface area contributed by atoms with Crippen LogP contribution in [-0.4, -0.2) is 72.7 Å². The zero-order valence-corrected chi connectivity index (χ0v) is 14.1. The molecule has 2 aliphatic heterocycles. The molecule has 3 rings (SSSR count). The van der Waals surface area contributed by atoms with Crippen LogP contribution in [0.15, 0.2) is 12.4 Å². The maximum Gasteiger partial charge on any atom is 0.211 e. The third kappa shape index (κ3) is 3.79. The van der Waals surface area contributed by atoms with Crippen molar-refractivity contribution in [2.24, 2.45) is 0 Å². The van der Waals surface area contributed by atoms with Gasteiger partial charge in [0.2, 0.25) is 10.0 Å². The molecule has 0 amide bonds. The maximum absolute atomic E-state index is 11.6. The highest BCUT2D eigenvalue weighted by Crippen LogP contribution is 2.27. The number of anilines is 1. The van der Waals surface area contributed by atoms with Gasteiger partial charge in [-0.3, -0.25) is 9.88 Å². The molecule has 0 spiro atoms. The minimum atomic E-state index is -3.08. The van der Waals surface area contributed by atoms with Crippen LogP contribution >= 0.6 is 0 Å². The van der Waals surface area contributed by atoms with Crippen molar-refractivity contribution in [3.8, 4) is 0 Å². The first-order valence-electron chi connectivity index (χ1n) is 7.82. The van der Waals surface area contributed by atoms with Gasteiger partial charge in [0.25, 0.3) is 0 Å². The third-order valence-corrected chi connectivity index (χ3v) is 5.87. The summed E-state index contributed by atoms with van der Waals surface area (Å²) < 4.78 is 30.6. The summed E-state index contributed by atoms with van der Waals surface area (Å²) in [5.41, 5.74) is 6.58. The number of nitrogens with two attached hydrogens (primary N) is 1. The second-order valence-corrected chi connectivity index (χ2v) is 8.06. The third-order valence-electron chi connectivity index (χ3n) is 4.57. The largest absolute Gasteiger partial charge is 0.382 e. The Morgan fingerprint density at radius 1 is 1.22 bits per heavy atom. The van der Waals surface area contributed by atoms with E-state index in [1.165, 1.54) is 6.26 Å². The van der Waals surface area contributed by atoms with Crippen molar-refractivity contribution in [1.29, 1.82) is 0 Å². The fourth-order valence-electron chi connectivity index (χ4n) is 3.31. The molecule has 8 nitrogen and oxygen atoms in total. The van der Waals surface area contributed by atoms with Gasteiger partial charge in [-0.1, -0.05) is 0 Å².